The quantitative estimate of drug-likeness (QED) is 0.695. The van der Waals surface area contributed by atoms with Crippen LogP contribution < -0.4 is 10.9 Å². The molecule has 2 amide bonds. The monoisotopic (exact) mass is 396 g/mol. The van der Waals surface area contributed by atoms with Gasteiger partial charge in [-0.05, 0) is 19.1 Å². The van der Waals surface area contributed by atoms with Crippen molar-refractivity contribution in [2.24, 2.45) is 0 Å². The van der Waals surface area contributed by atoms with Crippen molar-refractivity contribution < 1.29 is 13.6 Å². The SMILES string of the molecule is Cc1ccc(-c2nc3c(c(=O)[nH]2)CN(C(=O)Nc2ccc(F)cc2F)CC3)cc1. The number of fused-ring (bicyclic) bond motifs is 1. The van der Waals surface area contributed by atoms with Gasteiger partial charge in [0.25, 0.3) is 5.56 Å². The summed E-state index contributed by atoms with van der Waals surface area (Å²) in [5, 5.41) is 2.41. The molecule has 0 bridgehead atoms. The third-order valence-corrected chi connectivity index (χ3v) is 4.85. The van der Waals surface area contributed by atoms with E-state index in [1.165, 1.54) is 4.90 Å². The van der Waals surface area contributed by atoms with E-state index in [-0.39, 0.29) is 17.8 Å². The zero-order valence-corrected chi connectivity index (χ0v) is 15.6. The van der Waals surface area contributed by atoms with E-state index >= 15 is 0 Å². The summed E-state index contributed by atoms with van der Waals surface area (Å²) in [7, 11) is 0. The summed E-state index contributed by atoms with van der Waals surface area (Å²) in [5.74, 6) is -1.10. The Bertz CT molecular complexity index is 1140. The molecule has 0 saturated heterocycles. The number of nitrogens with zero attached hydrogens (tertiary/aromatic N) is 2. The molecular weight excluding hydrogens is 378 g/mol. The fourth-order valence-corrected chi connectivity index (χ4v) is 3.23. The molecule has 2 N–H and O–H groups in total. The number of carbonyl (C=O) groups is 1. The highest BCUT2D eigenvalue weighted by Crippen LogP contribution is 2.21. The van der Waals surface area contributed by atoms with Gasteiger partial charge >= 0.3 is 6.03 Å². The lowest BCUT2D eigenvalue weighted by atomic mass is 10.1. The predicted molar refractivity (Wildman–Crippen MR) is 105 cm³/mol. The van der Waals surface area contributed by atoms with Crippen LogP contribution in [0, 0.1) is 18.6 Å². The molecule has 1 aromatic heterocycles. The first-order valence-corrected chi connectivity index (χ1v) is 9.11. The molecule has 4 rings (SSSR count). The molecule has 3 aromatic rings. The summed E-state index contributed by atoms with van der Waals surface area (Å²) in [6.07, 6.45) is 0.400. The van der Waals surface area contributed by atoms with Crippen molar-refractivity contribution in [3.8, 4) is 11.4 Å². The molecule has 0 unspecified atom stereocenters. The maximum Gasteiger partial charge on any atom is 0.322 e. The van der Waals surface area contributed by atoms with Crippen molar-refractivity contribution in [1.29, 1.82) is 0 Å². The van der Waals surface area contributed by atoms with E-state index in [0.29, 0.717) is 36.1 Å². The van der Waals surface area contributed by atoms with Crippen LogP contribution in [0.15, 0.2) is 47.3 Å². The topological polar surface area (TPSA) is 78.1 Å². The van der Waals surface area contributed by atoms with Crippen molar-refractivity contribution in [3.63, 3.8) is 0 Å². The number of carbonyl (C=O) groups excluding carboxylic acids is 1. The average molecular weight is 396 g/mol. The van der Waals surface area contributed by atoms with Crippen molar-refractivity contribution in [2.75, 3.05) is 11.9 Å². The number of halogens is 2. The van der Waals surface area contributed by atoms with E-state index in [9.17, 15) is 18.4 Å². The van der Waals surface area contributed by atoms with Gasteiger partial charge in [-0.25, -0.2) is 18.6 Å². The molecule has 0 saturated carbocycles. The van der Waals surface area contributed by atoms with Crippen LogP contribution in [0.5, 0.6) is 0 Å². The first-order valence-electron chi connectivity index (χ1n) is 9.11. The Morgan fingerprint density at radius 2 is 1.93 bits per heavy atom. The lowest BCUT2D eigenvalue weighted by Gasteiger charge is -2.28. The molecule has 0 fully saturated rings. The van der Waals surface area contributed by atoms with E-state index < -0.39 is 17.7 Å². The number of nitrogens with one attached hydrogen (secondary N) is 2. The van der Waals surface area contributed by atoms with Crippen LogP contribution >= 0.6 is 0 Å². The van der Waals surface area contributed by atoms with Crippen molar-refractivity contribution in [3.05, 3.63) is 81.3 Å². The second-order valence-corrected chi connectivity index (χ2v) is 6.93. The fraction of sp³-hybridized carbons (Fsp3) is 0.190. The minimum Gasteiger partial charge on any atom is -0.320 e. The highest BCUT2D eigenvalue weighted by molar-refractivity contribution is 5.89. The zero-order chi connectivity index (χ0) is 20.5. The molecule has 0 aliphatic carbocycles. The summed E-state index contributed by atoms with van der Waals surface area (Å²) in [5.41, 5.74) is 2.53. The van der Waals surface area contributed by atoms with Gasteiger partial charge in [0.15, 0.2) is 0 Å². The molecule has 8 heteroatoms. The van der Waals surface area contributed by atoms with Gasteiger partial charge in [-0.15, -0.1) is 0 Å². The summed E-state index contributed by atoms with van der Waals surface area (Å²) in [4.78, 5) is 33.8. The highest BCUT2D eigenvalue weighted by atomic mass is 19.1. The van der Waals surface area contributed by atoms with Gasteiger partial charge < -0.3 is 15.2 Å². The number of urea groups is 1. The Morgan fingerprint density at radius 1 is 1.17 bits per heavy atom. The maximum absolute atomic E-state index is 13.8. The number of H-pyrrole nitrogens is 1. The van der Waals surface area contributed by atoms with Gasteiger partial charge in [0.2, 0.25) is 0 Å². The van der Waals surface area contributed by atoms with Crippen LogP contribution in [0.25, 0.3) is 11.4 Å². The van der Waals surface area contributed by atoms with Gasteiger partial charge in [0.05, 0.1) is 23.5 Å². The number of benzene rings is 2. The number of aromatic nitrogens is 2. The van der Waals surface area contributed by atoms with Gasteiger partial charge in [-0.1, -0.05) is 29.8 Å². The lowest BCUT2D eigenvalue weighted by Crippen LogP contribution is -2.41. The first-order chi connectivity index (χ1) is 13.9. The maximum atomic E-state index is 13.8. The van der Waals surface area contributed by atoms with Crippen LogP contribution in [0.4, 0.5) is 19.3 Å². The fourth-order valence-electron chi connectivity index (χ4n) is 3.23. The third kappa shape index (κ3) is 3.87. The summed E-state index contributed by atoms with van der Waals surface area (Å²) < 4.78 is 26.8. The number of rotatable bonds is 2. The second-order valence-electron chi connectivity index (χ2n) is 6.93. The lowest BCUT2D eigenvalue weighted by molar-refractivity contribution is 0.205. The number of anilines is 1. The molecule has 2 aromatic carbocycles. The standard InChI is InChI=1S/C21H18F2N4O2/c1-12-2-4-13(5-3-12)19-24-17-8-9-27(11-15(17)20(28)26-19)21(29)25-18-7-6-14(22)10-16(18)23/h2-7,10H,8-9,11H2,1H3,(H,25,29)(H,24,26,28). The number of hydrogen-bond donors (Lipinski definition) is 2. The molecule has 2 heterocycles. The summed E-state index contributed by atoms with van der Waals surface area (Å²) >= 11 is 0. The number of hydrogen-bond acceptors (Lipinski definition) is 3. The Balaban J connectivity index is 1.54. The largest absolute Gasteiger partial charge is 0.322 e. The van der Waals surface area contributed by atoms with Crippen molar-refractivity contribution in [2.45, 2.75) is 19.9 Å². The average Bonchev–Trinajstić information content (AvgIpc) is 2.70. The van der Waals surface area contributed by atoms with Gasteiger partial charge in [-0.3, -0.25) is 4.79 Å². The van der Waals surface area contributed by atoms with Gasteiger partial charge in [-0.2, -0.15) is 0 Å². The van der Waals surface area contributed by atoms with Crippen molar-refractivity contribution in [1.82, 2.24) is 14.9 Å². The predicted octanol–water partition coefficient (Wildman–Crippen LogP) is 3.61. The molecule has 0 atom stereocenters. The zero-order valence-electron chi connectivity index (χ0n) is 15.6. The molecule has 0 radical (unpaired) electrons. The van der Waals surface area contributed by atoms with E-state index in [4.69, 9.17) is 0 Å². The molecule has 6 nitrogen and oxygen atoms in total. The van der Waals surface area contributed by atoms with E-state index in [2.05, 4.69) is 15.3 Å². The minimum atomic E-state index is -0.863. The third-order valence-electron chi connectivity index (χ3n) is 4.85. The van der Waals surface area contributed by atoms with Gasteiger partial charge in [0.1, 0.15) is 17.5 Å². The Hall–Kier alpha value is -3.55. The number of aryl methyl sites for hydroxylation is 1. The molecule has 0 spiro atoms. The smallest absolute Gasteiger partial charge is 0.320 e. The van der Waals surface area contributed by atoms with E-state index in [1.807, 2.05) is 31.2 Å². The Morgan fingerprint density at radius 3 is 2.66 bits per heavy atom. The molecule has 1 aliphatic heterocycles. The van der Waals surface area contributed by atoms with Crippen LogP contribution in [0.3, 0.4) is 0 Å². The van der Waals surface area contributed by atoms with Crippen LogP contribution in [0.2, 0.25) is 0 Å². The van der Waals surface area contributed by atoms with Gasteiger partial charge in [0, 0.05) is 24.6 Å². The highest BCUT2D eigenvalue weighted by Gasteiger charge is 2.25. The number of aromatic amines is 1. The molecule has 148 valence electrons. The summed E-state index contributed by atoms with van der Waals surface area (Å²) in [6, 6.07) is 10.0. The van der Waals surface area contributed by atoms with Crippen molar-refractivity contribution >= 4 is 11.7 Å². The van der Waals surface area contributed by atoms with E-state index in [1.54, 1.807) is 0 Å². The first kappa shape index (κ1) is 18.8. The normalized spacial score (nSPS) is 13.1. The molecule has 1 aliphatic rings. The second kappa shape index (κ2) is 7.46. The minimum absolute atomic E-state index is 0.0560. The number of amides is 2. The molecule has 29 heavy (non-hydrogen) atoms. The van der Waals surface area contributed by atoms with Crippen LogP contribution in [0.1, 0.15) is 16.8 Å². The summed E-state index contributed by atoms with van der Waals surface area (Å²) in [6.45, 7) is 2.36. The molecular formula is C21H18F2N4O2. The Kier molecular flexibility index (Phi) is 4.84. The van der Waals surface area contributed by atoms with Crippen LogP contribution in [-0.2, 0) is 13.0 Å². The Labute approximate surface area is 165 Å². The van der Waals surface area contributed by atoms with E-state index in [0.717, 1.165) is 23.3 Å². The van der Waals surface area contributed by atoms with Crippen LogP contribution in [-0.4, -0.2) is 27.4 Å².